The molecule has 1 aliphatic heterocycles. The second kappa shape index (κ2) is 5.37. The van der Waals surface area contributed by atoms with Crippen LogP contribution in [0.15, 0.2) is 64.4 Å². The van der Waals surface area contributed by atoms with Gasteiger partial charge < -0.3 is 5.11 Å². The Hall–Kier alpha value is -2.92. The van der Waals surface area contributed by atoms with E-state index in [1.807, 2.05) is 42.5 Å². The zero-order valence-electron chi connectivity index (χ0n) is 12.0. The minimum Gasteiger partial charge on any atom is -0.493 e. The molecule has 0 fully saturated rings. The summed E-state index contributed by atoms with van der Waals surface area (Å²) in [5.41, 5.74) is 3.43. The van der Waals surface area contributed by atoms with Gasteiger partial charge in [0.2, 0.25) is 5.88 Å². The van der Waals surface area contributed by atoms with Crippen molar-refractivity contribution in [3.8, 4) is 11.6 Å². The largest absolute Gasteiger partial charge is 0.493 e. The molecule has 4 rings (SSSR count). The van der Waals surface area contributed by atoms with Crippen LogP contribution in [0.4, 0.5) is 5.69 Å². The van der Waals surface area contributed by atoms with Crippen molar-refractivity contribution >= 4 is 34.9 Å². The highest BCUT2D eigenvalue weighted by molar-refractivity contribution is 7.10. The first-order chi connectivity index (χ1) is 11.2. The maximum absolute atomic E-state index is 12.2. The van der Waals surface area contributed by atoms with Crippen LogP contribution in [-0.2, 0) is 0 Å². The van der Waals surface area contributed by atoms with Crippen LogP contribution < -0.4 is 4.87 Å². The fourth-order valence-electron chi connectivity index (χ4n) is 2.58. The Morgan fingerprint density at radius 2 is 1.78 bits per heavy atom. The van der Waals surface area contributed by atoms with E-state index >= 15 is 0 Å². The van der Waals surface area contributed by atoms with Crippen LogP contribution >= 0.6 is 11.3 Å². The van der Waals surface area contributed by atoms with Crippen molar-refractivity contribution < 1.29 is 5.11 Å². The number of nitrogens with zero attached hydrogens (tertiary/aromatic N) is 2. The summed E-state index contributed by atoms with van der Waals surface area (Å²) in [6.45, 7) is 0. The average Bonchev–Trinajstić information content (AvgIpc) is 3.10. The Labute approximate surface area is 136 Å². The summed E-state index contributed by atoms with van der Waals surface area (Å²) in [4.78, 5) is 16.9. The van der Waals surface area contributed by atoms with Crippen LogP contribution in [0.1, 0.15) is 10.4 Å². The molecule has 5 heteroatoms. The molecule has 0 saturated carbocycles. The number of para-hydroxylation sites is 2. The van der Waals surface area contributed by atoms with Gasteiger partial charge in [-0.1, -0.05) is 47.7 Å². The van der Waals surface area contributed by atoms with Gasteiger partial charge in [-0.05, 0) is 24.3 Å². The third kappa shape index (κ3) is 2.31. The van der Waals surface area contributed by atoms with Crippen molar-refractivity contribution in [2.45, 2.75) is 0 Å². The van der Waals surface area contributed by atoms with Gasteiger partial charge in [-0.15, -0.1) is 0 Å². The molecule has 2 heterocycles. The molecule has 1 aromatic heterocycles. The van der Waals surface area contributed by atoms with Crippen LogP contribution in [0.5, 0.6) is 5.88 Å². The van der Waals surface area contributed by atoms with Crippen molar-refractivity contribution in [1.82, 2.24) is 4.57 Å². The van der Waals surface area contributed by atoms with Crippen molar-refractivity contribution in [2.24, 2.45) is 4.99 Å². The molecule has 1 aliphatic rings. The lowest BCUT2D eigenvalue weighted by atomic mass is 10.1. The maximum Gasteiger partial charge on any atom is 0.315 e. The molecule has 0 amide bonds. The Morgan fingerprint density at radius 3 is 2.61 bits per heavy atom. The molecule has 23 heavy (non-hydrogen) atoms. The van der Waals surface area contributed by atoms with Crippen LogP contribution in [0.3, 0.4) is 0 Å². The maximum atomic E-state index is 12.2. The smallest absolute Gasteiger partial charge is 0.315 e. The molecule has 0 spiro atoms. The Morgan fingerprint density at radius 1 is 1.04 bits per heavy atom. The molecule has 0 atom stereocenters. The van der Waals surface area contributed by atoms with E-state index in [0.717, 1.165) is 28.2 Å². The van der Waals surface area contributed by atoms with Gasteiger partial charge in [-0.3, -0.25) is 9.79 Å². The van der Waals surface area contributed by atoms with Gasteiger partial charge in [0.05, 0.1) is 16.3 Å². The number of hydrogen-bond acceptors (Lipinski definition) is 4. The summed E-state index contributed by atoms with van der Waals surface area (Å²) < 4.78 is 1.31. The minimum absolute atomic E-state index is 0.0449. The predicted octanol–water partition coefficient (Wildman–Crippen LogP) is 3.86. The van der Waals surface area contributed by atoms with E-state index in [-0.39, 0.29) is 10.8 Å². The zero-order chi connectivity index (χ0) is 15.8. The van der Waals surface area contributed by atoms with Gasteiger partial charge in [0.25, 0.3) is 0 Å². The third-order valence-corrected chi connectivity index (χ3v) is 4.55. The lowest BCUT2D eigenvalue weighted by Crippen LogP contribution is -2.09. The molecule has 0 unspecified atom stereocenters. The first-order valence-electron chi connectivity index (χ1n) is 7.09. The third-order valence-electron chi connectivity index (χ3n) is 3.67. The van der Waals surface area contributed by atoms with Crippen LogP contribution in [0, 0.1) is 0 Å². The fraction of sp³-hybridized carbons (Fsp3) is 0. The molecular weight excluding hydrogens is 308 g/mol. The summed E-state index contributed by atoms with van der Waals surface area (Å²) in [5, 5.41) is 10.5. The normalized spacial score (nSPS) is 14.3. The second-order valence-electron chi connectivity index (χ2n) is 5.10. The summed E-state index contributed by atoms with van der Waals surface area (Å²) in [7, 11) is 0. The quantitative estimate of drug-likeness (QED) is 0.779. The summed E-state index contributed by atoms with van der Waals surface area (Å²) in [5.74, 6) is -0.0449. The van der Waals surface area contributed by atoms with Crippen LogP contribution in [0.2, 0.25) is 0 Å². The molecule has 0 radical (unpaired) electrons. The van der Waals surface area contributed by atoms with Gasteiger partial charge in [0.15, 0.2) is 0 Å². The number of thiazole rings is 1. The van der Waals surface area contributed by atoms with Crippen molar-refractivity contribution in [2.75, 3.05) is 0 Å². The second-order valence-corrected chi connectivity index (χ2v) is 6.10. The first-order valence-corrected chi connectivity index (χ1v) is 7.91. The highest BCUT2D eigenvalue weighted by Crippen LogP contribution is 2.34. The molecule has 1 N–H and O–H groups in total. The molecule has 3 aromatic rings. The Bertz CT molecular complexity index is 997. The SMILES string of the molecule is O=c1sc(C=C2C=Nc3ccccc32)c(O)n1-c1ccccc1. The van der Waals surface area contributed by atoms with E-state index in [0.29, 0.717) is 10.6 Å². The monoisotopic (exact) mass is 320 g/mol. The van der Waals surface area contributed by atoms with Crippen LogP contribution in [0.25, 0.3) is 17.3 Å². The predicted molar refractivity (Wildman–Crippen MR) is 94.0 cm³/mol. The molecule has 0 bridgehead atoms. The number of benzene rings is 2. The van der Waals surface area contributed by atoms with Gasteiger partial charge in [0, 0.05) is 17.4 Å². The van der Waals surface area contributed by atoms with Gasteiger partial charge in [0.1, 0.15) is 0 Å². The molecule has 4 nitrogen and oxygen atoms in total. The molecule has 112 valence electrons. The average molecular weight is 320 g/mol. The van der Waals surface area contributed by atoms with Crippen molar-refractivity contribution in [1.29, 1.82) is 0 Å². The van der Waals surface area contributed by atoms with Gasteiger partial charge in [-0.2, -0.15) is 0 Å². The number of aromatic nitrogens is 1. The number of aromatic hydroxyl groups is 1. The highest BCUT2D eigenvalue weighted by atomic mass is 32.1. The van der Waals surface area contributed by atoms with E-state index in [1.54, 1.807) is 24.4 Å². The number of fused-ring (bicyclic) bond motifs is 1. The number of aliphatic imine (C=N–C) groups is 1. The first kappa shape index (κ1) is 13.7. The lowest BCUT2D eigenvalue weighted by molar-refractivity contribution is 0.440. The van der Waals surface area contributed by atoms with Gasteiger partial charge >= 0.3 is 4.87 Å². The highest BCUT2D eigenvalue weighted by Gasteiger charge is 2.17. The number of hydrogen-bond donors (Lipinski definition) is 1. The summed E-state index contributed by atoms with van der Waals surface area (Å²) in [6, 6.07) is 16.9. The zero-order valence-corrected chi connectivity index (χ0v) is 12.8. The molecule has 0 aliphatic carbocycles. The standard InChI is InChI=1S/C18H12N2O2S/c21-17-16(10-12-11-19-15-9-5-4-8-14(12)15)23-18(22)20(17)13-6-2-1-3-7-13/h1-11,21H. The van der Waals surface area contributed by atoms with E-state index in [9.17, 15) is 9.90 Å². The number of rotatable bonds is 2. The van der Waals surface area contributed by atoms with Gasteiger partial charge in [-0.25, -0.2) is 4.57 Å². The van der Waals surface area contributed by atoms with Crippen molar-refractivity contribution in [3.63, 3.8) is 0 Å². The van der Waals surface area contributed by atoms with E-state index < -0.39 is 0 Å². The molecule has 0 saturated heterocycles. The van der Waals surface area contributed by atoms with Crippen LogP contribution in [-0.4, -0.2) is 15.9 Å². The van der Waals surface area contributed by atoms with E-state index in [1.165, 1.54) is 4.57 Å². The summed E-state index contributed by atoms with van der Waals surface area (Å²) >= 11 is 1.02. The number of allylic oxidation sites excluding steroid dienone is 1. The Kier molecular flexibility index (Phi) is 3.20. The molecule has 2 aromatic carbocycles. The molecular formula is C18H12N2O2S. The van der Waals surface area contributed by atoms with Crippen molar-refractivity contribution in [3.05, 3.63) is 74.7 Å². The minimum atomic E-state index is -0.219. The fourth-order valence-corrected chi connectivity index (χ4v) is 3.42. The Balaban J connectivity index is 1.83. The van der Waals surface area contributed by atoms with E-state index in [4.69, 9.17) is 0 Å². The lowest BCUT2D eigenvalue weighted by Gasteiger charge is -2.03. The van der Waals surface area contributed by atoms with E-state index in [2.05, 4.69) is 4.99 Å². The summed E-state index contributed by atoms with van der Waals surface area (Å²) in [6.07, 6.45) is 3.55. The topological polar surface area (TPSA) is 54.6 Å².